The molecule has 2 N–H and O–H groups in total. The third kappa shape index (κ3) is 5.41. The van der Waals surface area contributed by atoms with Crippen LogP contribution in [0.4, 0.5) is 5.82 Å². The summed E-state index contributed by atoms with van der Waals surface area (Å²) in [6.07, 6.45) is 9.55. The molecule has 1 aromatic carbocycles. The number of benzene rings is 1. The summed E-state index contributed by atoms with van der Waals surface area (Å²) in [5.74, 6) is 0.503. The van der Waals surface area contributed by atoms with Gasteiger partial charge in [-0.05, 0) is 44.6 Å². The number of carbonyl (C=O) groups excluding carboxylic acids is 1. The molecule has 0 saturated heterocycles. The highest BCUT2D eigenvalue weighted by atomic mass is 16.1. The fourth-order valence-electron chi connectivity index (χ4n) is 3.04. The number of hydrogen-bond acceptors (Lipinski definition) is 4. The number of nitrogens with one attached hydrogen (secondary N) is 2. The van der Waals surface area contributed by atoms with Gasteiger partial charge in [-0.1, -0.05) is 41.5 Å². The van der Waals surface area contributed by atoms with E-state index in [1.165, 1.54) is 42.3 Å². The van der Waals surface area contributed by atoms with Crippen molar-refractivity contribution in [3.05, 3.63) is 65.1 Å². The molecular formula is C21H26N4O. The van der Waals surface area contributed by atoms with Crippen molar-refractivity contribution in [3.8, 4) is 0 Å². The zero-order valence-corrected chi connectivity index (χ0v) is 15.3. The second-order valence-corrected chi connectivity index (χ2v) is 6.74. The number of anilines is 1. The number of nitrogens with zero attached hydrogens (tertiary/aromatic N) is 2. The van der Waals surface area contributed by atoms with Gasteiger partial charge in [-0.25, -0.2) is 9.97 Å². The topological polar surface area (TPSA) is 66.9 Å². The largest absolute Gasteiger partial charge is 0.366 e. The van der Waals surface area contributed by atoms with Gasteiger partial charge in [0.05, 0.1) is 0 Å². The number of amides is 1. The van der Waals surface area contributed by atoms with E-state index in [2.05, 4.69) is 57.9 Å². The number of aryl methyl sites for hydroxylation is 1. The van der Waals surface area contributed by atoms with Crippen LogP contribution in [0.5, 0.6) is 0 Å². The van der Waals surface area contributed by atoms with Crippen LogP contribution in [0.3, 0.4) is 0 Å². The smallest absolute Gasteiger partial charge is 0.270 e. The van der Waals surface area contributed by atoms with E-state index in [0.29, 0.717) is 24.6 Å². The fraction of sp³-hybridized carbons (Fsp3) is 0.381. The van der Waals surface area contributed by atoms with Crippen LogP contribution in [0.1, 0.15) is 53.7 Å². The number of carbonyl (C=O) groups is 1. The van der Waals surface area contributed by atoms with E-state index >= 15 is 0 Å². The summed E-state index contributed by atoms with van der Waals surface area (Å²) >= 11 is 0. The Morgan fingerprint density at radius 3 is 2.77 bits per heavy atom. The minimum absolute atomic E-state index is 0.151. The molecule has 1 aromatic heterocycles. The molecule has 136 valence electrons. The summed E-state index contributed by atoms with van der Waals surface area (Å²) < 4.78 is 0. The Kier molecular flexibility index (Phi) is 6.36. The Hall–Kier alpha value is -2.69. The molecule has 0 unspecified atom stereocenters. The number of allylic oxidation sites excluding steroid dienone is 1. The van der Waals surface area contributed by atoms with E-state index in [9.17, 15) is 4.79 Å². The SMILES string of the molecule is Cc1ccc(CNc2cc(C(=O)NCCC3=CCCCC3)ncn2)cc1. The molecule has 0 fully saturated rings. The zero-order chi connectivity index (χ0) is 18.2. The molecule has 1 aliphatic rings. The molecule has 0 atom stereocenters. The van der Waals surface area contributed by atoms with E-state index in [1.807, 2.05) is 0 Å². The van der Waals surface area contributed by atoms with Crippen molar-refractivity contribution < 1.29 is 4.79 Å². The fourth-order valence-corrected chi connectivity index (χ4v) is 3.04. The van der Waals surface area contributed by atoms with Crippen molar-refractivity contribution in [3.63, 3.8) is 0 Å². The molecule has 0 aliphatic heterocycles. The summed E-state index contributed by atoms with van der Waals surface area (Å²) in [5, 5.41) is 6.20. The maximum Gasteiger partial charge on any atom is 0.270 e. The van der Waals surface area contributed by atoms with Gasteiger partial charge in [0, 0.05) is 19.2 Å². The molecule has 1 amide bonds. The first-order valence-corrected chi connectivity index (χ1v) is 9.28. The van der Waals surface area contributed by atoms with Gasteiger partial charge >= 0.3 is 0 Å². The first-order chi connectivity index (χ1) is 12.7. The van der Waals surface area contributed by atoms with Crippen LogP contribution in [0.25, 0.3) is 0 Å². The van der Waals surface area contributed by atoms with Gasteiger partial charge in [0.2, 0.25) is 0 Å². The molecule has 2 aromatic rings. The van der Waals surface area contributed by atoms with Crippen LogP contribution < -0.4 is 10.6 Å². The Morgan fingerprint density at radius 1 is 1.15 bits per heavy atom. The molecule has 0 bridgehead atoms. The van der Waals surface area contributed by atoms with Gasteiger partial charge in [-0.2, -0.15) is 0 Å². The molecule has 3 rings (SSSR count). The second-order valence-electron chi connectivity index (χ2n) is 6.74. The zero-order valence-electron chi connectivity index (χ0n) is 15.3. The highest BCUT2D eigenvalue weighted by Gasteiger charge is 2.09. The van der Waals surface area contributed by atoms with E-state index in [1.54, 1.807) is 6.07 Å². The van der Waals surface area contributed by atoms with Gasteiger partial charge in [-0.15, -0.1) is 0 Å². The molecule has 0 spiro atoms. The quantitative estimate of drug-likeness (QED) is 0.740. The summed E-state index contributed by atoms with van der Waals surface area (Å²) in [7, 11) is 0. The van der Waals surface area contributed by atoms with Crippen LogP contribution in [-0.2, 0) is 6.54 Å². The van der Waals surface area contributed by atoms with Crippen molar-refractivity contribution in [2.24, 2.45) is 0 Å². The molecule has 5 heteroatoms. The minimum Gasteiger partial charge on any atom is -0.366 e. The third-order valence-corrected chi connectivity index (χ3v) is 4.61. The monoisotopic (exact) mass is 350 g/mol. The lowest BCUT2D eigenvalue weighted by Crippen LogP contribution is -2.26. The van der Waals surface area contributed by atoms with Gasteiger partial charge in [-0.3, -0.25) is 4.79 Å². The predicted octanol–water partition coefficient (Wildman–Crippen LogP) is 4.02. The highest BCUT2D eigenvalue weighted by molar-refractivity contribution is 5.92. The Bertz CT molecular complexity index is 768. The minimum atomic E-state index is -0.151. The lowest BCUT2D eigenvalue weighted by atomic mass is 9.97. The number of aromatic nitrogens is 2. The van der Waals surface area contributed by atoms with Crippen LogP contribution in [0, 0.1) is 6.92 Å². The Labute approximate surface area is 155 Å². The molecular weight excluding hydrogens is 324 g/mol. The maximum atomic E-state index is 12.3. The first-order valence-electron chi connectivity index (χ1n) is 9.28. The van der Waals surface area contributed by atoms with E-state index < -0.39 is 0 Å². The lowest BCUT2D eigenvalue weighted by Gasteiger charge is -2.13. The van der Waals surface area contributed by atoms with Crippen molar-refractivity contribution in [1.29, 1.82) is 0 Å². The standard InChI is InChI=1S/C21H26N4O/c1-16-7-9-18(10-8-16)14-23-20-13-19(24-15-25-20)21(26)22-12-11-17-5-3-2-4-6-17/h5,7-10,13,15H,2-4,6,11-12,14H2,1H3,(H,22,26)(H,23,24,25). The normalized spacial score (nSPS) is 13.8. The van der Waals surface area contributed by atoms with Crippen molar-refractivity contribution in [1.82, 2.24) is 15.3 Å². The Balaban J connectivity index is 1.50. The first kappa shape index (κ1) is 18.1. The summed E-state index contributed by atoms with van der Waals surface area (Å²) in [5.41, 5.74) is 4.25. The average Bonchev–Trinajstić information content (AvgIpc) is 2.68. The van der Waals surface area contributed by atoms with Crippen molar-refractivity contribution in [2.75, 3.05) is 11.9 Å². The average molecular weight is 350 g/mol. The van der Waals surface area contributed by atoms with Crippen LogP contribution in [-0.4, -0.2) is 22.4 Å². The molecule has 0 radical (unpaired) electrons. The summed E-state index contributed by atoms with van der Waals surface area (Å²) in [6.45, 7) is 3.38. The van der Waals surface area contributed by atoms with E-state index in [-0.39, 0.29) is 5.91 Å². The van der Waals surface area contributed by atoms with Crippen LogP contribution in [0.2, 0.25) is 0 Å². The molecule has 5 nitrogen and oxygen atoms in total. The van der Waals surface area contributed by atoms with Crippen molar-refractivity contribution in [2.45, 2.75) is 45.6 Å². The molecule has 1 heterocycles. The van der Waals surface area contributed by atoms with Gasteiger partial charge in [0.15, 0.2) is 0 Å². The van der Waals surface area contributed by atoms with Gasteiger partial charge in [0.25, 0.3) is 5.91 Å². The third-order valence-electron chi connectivity index (χ3n) is 4.61. The van der Waals surface area contributed by atoms with E-state index in [0.717, 1.165) is 12.8 Å². The van der Waals surface area contributed by atoms with Crippen LogP contribution in [0.15, 0.2) is 48.3 Å². The van der Waals surface area contributed by atoms with Gasteiger partial charge in [0.1, 0.15) is 17.8 Å². The summed E-state index contributed by atoms with van der Waals surface area (Å²) in [6, 6.07) is 10.0. The number of hydrogen-bond donors (Lipinski definition) is 2. The van der Waals surface area contributed by atoms with Gasteiger partial charge < -0.3 is 10.6 Å². The number of rotatable bonds is 7. The second kappa shape index (κ2) is 9.13. The summed E-state index contributed by atoms with van der Waals surface area (Å²) in [4.78, 5) is 20.6. The van der Waals surface area contributed by atoms with Crippen molar-refractivity contribution >= 4 is 11.7 Å². The lowest BCUT2D eigenvalue weighted by molar-refractivity contribution is 0.0949. The van der Waals surface area contributed by atoms with E-state index in [4.69, 9.17) is 0 Å². The van der Waals surface area contributed by atoms with Crippen LogP contribution >= 0.6 is 0 Å². The molecule has 1 aliphatic carbocycles. The highest BCUT2D eigenvalue weighted by Crippen LogP contribution is 2.19. The maximum absolute atomic E-state index is 12.3. The molecule has 0 saturated carbocycles. The Morgan fingerprint density at radius 2 is 2.00 bits per heavy atom. The predicted molar refractivity (Wildman–Crippen MR) is 104 cm³/mol. The molecule has 26 heavy (non-hydrogen) atoms.